The molecule has 30 heavy (non-hydrogen) atoms. The molecule has 2 bridgehead atoms. The standard InChI is InChI=1S/C25H33N3O2/c29-24(21-4-2-1-3-5-21)10-13-28-22-6-7-23(28)17-25(16-22)19-27(14-15-30-25)18-20-8-11-26-12-9-20/h1-5,8-9,11-12,22-24,29H,6-7,10,13-19H2/t22-,23+,24-,25?/m0/s1. The second-order valence-electron chi connectivity index (χ2n) is 9.34. The molecule has 4 heterocycles. The van der Waals surface area contributed by atoms with Crippen LogP contribution in [0.5, 0.6) is 0 Å². The summed E-state index contributed by atoms with van der Waals surface area (Å²) in [6, 6.07) is 15.5. The third kappa shape index (κ3) is 4.30. The second kappa shape index (κ2) is 8.75. The summed E-state index contributed by atoms with van der Waals surface area (Å²) in [6.07, 6.45) is 8.98. The molecule has 3 aliphatic heterocycles. The van der Waals surface area contributed by atoms with Crippen LogP contribution < -0.4 is 0 Å². The fraction of sp³-hybridized carbons (Fsp3) is 0.560. The molecule has 2 aromatic rings. The lowest BCUT2D eigenvalue weighted by Gasteiger charge is -2.50. The van der Waals surface area contributed by atoms with E-state index in [9.17, 15) is 5.11 Å². The monoisotopic (exact) mass is 407 g/mol. The number of aromatic nitrogens is 1. The van der Waals surface area contributed by atoms with Crippen molar-refractivity contribution in [3.8, 4) is 0 Å². The number of hydrogen-bond donors (Lipinski definition) is 1. The molecule has 3 fully saturated rings. The Bertz CT molecular complexity index is 802. The smallest absolute Gasteiger partial charge is 0.0839 e. The first kappa shape index (κ1) is 20.1. The lowest BCUT2D eigenvalue weighted by Crippen LogP contribution is -2.59. The van der Waals surface area contributed by atoms with Gasteiger partial charge in [-0.1, -0.05) is 30.3 Å². The Labute approximate surface area is 179 Å². The highest BCUT2D eigenvalue weighted by atomic mass is 16.5. The van der Waals surface area contributed by atoms with Gasteiger partial charge in [0, 0.05) is 50.7 Å². The van der Waals surface area contributed by atoms with Crippen LogP contribution in [0.2, 0.25) is 0 Å². The molecule has 1 spiro atoms. The van der Waals surface area contributed by atoms with Crippen molar-refractivity contribution in [2.24, 2.45) is 0 Å². The summed E-state index contributed by atoms with van der Waals surface area (Å²) in [4.78, 5) is 9.37. The summed E-state index contributed by atoms with van der Waals surface area (Å²) in [6.45, 7) is 4.82. The van der Waals surface area contributed by atoms with Crippen molar-refractivity contribution in [1.82, 2.24) is 14.8 Å². The minimum atomic E-state index is -0.372. The summed E-state index contributed by atoms with van der Waals surface area (Å²) in [5.74, 6) is 0. The predicted octanol–water partition coefficient (Wildman–Crippen LogP) is 3.40. The minimum Gasteiger partial charge on any atom is -0.388 e. The lowest BCUT2D eigenvalue weighted by atomic mass is 9.84. The summed E-state index contributed by atoms with van der Waals surface area (Å²) in [7, 11) is 0. The highest BCUT2D eigenvalue weighted by molar-refractivity contribution is 5.17. The van der Waals surface area contributed by atoms with Crippen LogP contribution in [-0.4, -0.2) is 63.8 Å². The van der Waals surface area contributed by atoms with Crippen LogP contribution in [0.4, 0.5) is 0 Å². The van der Waals surface area contributed by atoms with E-state index in [2.05, 4.69) is 26.9 Å². The molecule has 0 saturated carbocycles. The van der Waals surface area contributed by atoms with Gasteiger partial charge < -0.3 is 9.84 Å². The number of aliphatic hydroxyl groups is 1. The van der Waals surface area contributed by atoms with Crippen LogP contribution in [0, 0.1) is 0 Å². The average molecular weight is 408 g/mol. The van der Waals surface area contributed by atoms with E-state index in [1.165, 1.54) is 18.4 Å². The van der Waals surface area contributed by atoms with Crippen molar-refractivity contribution in [1.29, 1.82) is 0 Å². The van der Waals surface area contributed by atoms with Gasteiger partial charge in [-0.05, 0) is 55.4 Å². The molecule has 0 radical (unpaired) electrons. The van der Waals surface area contributed by atoms with Gasteiger partial charge in [0.1, 0.15) is 0 Å². The molecule has 0 amide bonds. The molecule has 4 atom stereocenters. The summed E-state index contributed by atoms with van der Waals surface area (Å²) < 4.78 is 6.47. The van der Waals surface area contributed by atoms with Crippen molar-refractivity contribution < 1.29 is 9.84 Å². The van der Waals surface area contributed by atoms with Gasteiger partial charge in [-0.2, -0.15) is 0 Å². The van der Waals surface area contributed by atoms with Gasteiger partial charge in [0.25, 0.3) is 0 Å². The van der Waals surface area contributed by atoms with Gasteiger partial charge in [0.05, 0.1) is 18.3 Å². The Kier molecular flexibility index (Phi) is 5.87. The van der Waals surface area contributed by atoms with E-state index >= 15 is 0 Å². The number of piperidine rings is 1. The molecule has 1 aromatic carbocycles. The van der Waals surface area contributed by atoms with Crippen molar-refractivity contribution in [2.45, 2.75) is 62.4 Å². The first-order valence-electron chi connectivity index (χ1n) is 11.4. The van der Waals surface area contributed by atoms with Crippen LogP contribution in [0.15, 0.2) is 54.9 Å². The Morgan fingerprint density at radius 3 is 2.53 bits per heavy atom. The van der Waals surface area contributed by atoms with Gasteiger partial charge in [-0.25, -0.2) is 0 Å². The molecular formula is C25H33N3O2. The largest absolute Gasteiger partial charge is 0.388 e. The van der Waals surface area contributed by atoms with Gasteiger partial charge in [-0.15, -0.1) is 0 Å². The molecule has 1 N–H and O–H groups in total. The summed E-state index contributed by atoms with van der Waals surface area (Å²) in [5.41, 5.74) is 2.36. The highest BCUT2D eigenvalue weighted by Gasteiger charge is 2.50. The van der Waals surface area contributed by atoms with E-state index in [-0.39, 0.29) is 11.7 Å². The number of pyridine rings is 1. The van der Waals surface area contributed by atoms with E-state index in [1.54, 1.807) is 0 Å². The zero-order valence-electron chi connectivity index (χ0n) is 17.7. The number of rotatable bonds is 6. The van der Waals surface area contributed by atoms with Gasteiger partial charge in [0.2, 0.25) is 0 Å². The zero-order valence-corrected chi connectivity index (χ0v) is 17.7. The molecule has 160 valence electrons. The maximum Gasteiger partial charge on any atom is 0.0839 e. The number of ether oxygens (including phenoxy) is 1. The number of benzene rings is 1. The van der Waals surface area contributed by atoms with Crippen LogP contribution in [-0.2, 0) is 11.3 Å². The lowest BCUT2D eigenvalue weighted by molar-refractivity contribution is -0.151. The third-order valence-corrected chi connectivity index (χ3v) is 7.31. The third-order valence-electron chi connectivity index (χ3n) is 7.31. The van der Waals surface area contributed by atoms with Gasteiger partial charge >= 0.3 is 0 Å². The molecule has 1 aromatic heterocycles. The Hall–Kier alpha value is -1.79. The molecule has 3 aliphatic rings. The van der Waals surface area contributed by atoms with Crippen molar-refractivity contribution in [3.63, 3.8) is 0 Å². The average Bonchev–Trinajstić information content (AvgIpc) is 3.03. The van der Waals surface area contributed by atoms with Crippen LogP contribution >= 0.6 is 0 Å². The van der Waals surface area contributed by atoms with E-state index in [0.717, 1.165) is 57.6 Å². The fourth-order valence-corrected chi connectivity index (χ4v) is 5.93. The molecule has 0 aliphatic carbocycles. The summed E-state index contributed by atoms with van der Waals surface area (Å²) >= 11 is 0. The number of hydrogen-bond acceptors (Lipinski definition) is 5. The Balaban J connectivity index is 1.19. The SMILES string of the molecule is O[C@@H](CCN1[C@@H]2CC[C@H]1CC1(C2)CN(Cc2ccncc2)CCO1)c1ccccc1. The molecule has 3 saturated heterocycles. The highest BCUT2D eigenvalue weighted by Crippen LogP contribution is 2.44. The van der Waals surface area contributed by atoms with Crippen LogP contribution in [0.1, 0.15) is 49.3 Å². The zero-order chi connectivity index (χ0) is 20.4. The number of fused-ring (bicyclic) bond motifs is 2. The fourth-order valence-electron chi connectivity index (χ4n) is 5.93. The Morgan fingerprint density at radius 1 is 1.07 bits per heavy atom. The van der Waals surface area contributed by atoms with E-state index in [4.69, 9.17) is 4.74 Å². The first-order chi connectivity index (χ1) is 14.7. The van der Waals surface area contributed by atoms with E-state index < -0.39 is 0 Å². The molecule has 5 heteroatoms. The molecule has 1 unspecified atom stereocenters. The number of morpholine rings is 1. The number of nitrogens with zero attached hydrogens (tertiary/aromatic N) is 3. The first-order valence-corrected chi connectivity index (χ1v) is 11.4. The molecule has 5 nitrogen and oxygen atoms in total. The number of aliphatic hydroxyl groups excluding tert-OH is 1. The van der Waals surface area contributed by atoms with E-state index in [1.807, 2.05) is 42.7 Å². The Morgan fingerprint density at radius 2 is 1.80 bits per heavy atom. The van der Waals surface area contributed by atoms with Crippen LogP contribution in [0.3, 0.4) is 0 Å². The molecule has 5 rings (SSSR count). The van der Waals surface area contributed by atoms with Crippen LogP contribution in [0.25, 0.3) is 0 Å². The quantitative estimate of drug-likeness (QED) is 0.795. The maximum atomic E-state index is 10.6. The van der Waals surface area contributed by atoms with Gasteiger partial charge in [-0.3, -0.25) is 14.8 Å². The maximum absolute atomic E-state index is 10.6. The minimum absolute atomic E-state index is 0.00561. The van der Waals surface area contributed by atoms with Crippen molar-refractivity contribution >= 4 is 0 Å². The predicted molar refractivity (Wildman–Crippen MR) is 117 cm³/mol. The summed E-state index contributed by atoms with van der Waals surface area (Å²) in [5, 5.41) is 10.6. The van der Waals surface area contributed by atoms with E-state index in [0.29, 0.717) is 12.1 Å². The van der Waals surface area contributed by atoms with Gasteiger partial charge in [0.15, 0.2) is 0 Å². The molecular weight excluding hydrogens is 374 g/mol. The van der Waals surface area contributed by atoms with Crippen molar-refractivity contribution in [3.05, 3.63) is 66.0 Å². The normalized spacial score (nSPS) is 30.6. The second-order valence-corrected chi connectivity index (χ2v) is 9.34. The topological polar surface area (TPSA) is 48.8 Å². The van der Waals surface area contributed by atoms with Crippen molar-refractivity contribution in [2.75, 3.05) is 26.2 Å².